The maximum Gasteiger partial charge on any atom is 0.0648 e. The molecule has 0 aliphatic rings. The Morgan fingerprint density at radius 1 is 1.24 bits per heavy atom. The van der Waals surface area contributed by atoms with E-state index in [1.54, 1.807) is 0 Å². The molecule has 3 aromatic rings. The van der Waals surface area contributed by atoms with E-state index in [2.05, 4.69) is 21.8 Å². The van der Waals surface area contributed by atoms with Crippen LogP contribution in [0.15, 0.2) is 42.6 Å². The average Bonchev–Trinajstić information content (AvgIpc) is 2.77. The molecule has 3 rings (SSSR count). The van der Waals surface area contributed by atoms with Crippen molar-refractivity contribution in [2.75, 3.05) is 6.54 Å². The molecule has 0 aliphatic heterocycles. The zero-order chi connectivity index (χ0) is 14.8. The first-order valence-electron chi connectivity index (χ1n) is 7.07. The Bertz CT molecular complexity index is 777. The minimum atomic E-state index is 0.643. The summed E-state index contributed by atoms with van der Waals surface area (Å²) >= 11 is 6.15. The standard InChI is InChI=1S/C17H18ClN3/c1-12-3-2-4-15(20-12)11-21-10-13(7-8-19)16-6-5-14(18)9-17(16)21/h2-6,9-10H,7-8,11,19H2,1H3. The topological polar surface area (TPSA) is 43.8 Å². The zero-order valence-electron chi connectivity index (χ0n) is 12.0. The molecule has 108 valence electrons. The van der Waals surface area contributed by atoms with Crippen LogP contribution in [0.25, 0.3) is 10.9 Å². The van der Waals surface area contributed by atoms with Gasteiger partial charge in [-0.15, -0.1) is 0 Å². The van der Waals surface area contributed by atoms with Crippen molar-refractivity contribution in [2.24, 2.45) is 5.73 Å². The molecule has 0 saturated carbocycles. The van der Waals surface area contributed by atoms with Crippen molar-refractivity contribution in [3.8, 4) is 0 Å². The highest BCUT2D eigenvalue weighted by atomic mass is 35.5. The lowest BCUT2D eigenvalue weighted by Crippen LogP contribution is -2.03. The summed E-state index contributed by atoms with van der Waals surface area (Å²) in [5.41, 5.74) is 10.2. The van der Waals surface area contributed by atoms with Gasteiger partial charge in [0.15, 0.2) is 0 Å². The van der Waals surface area contributed by atoms with Crippen LogP contribution < -0.4 is 5.73 Å². The molecule has 0 fully saturated rings. The lowest BCUT2D eigenvalue weighted by Gasteiger charge is -2.06. The van der Waals surface area contributed by atoms with E-state index in [1.165, 1.54) is 10.9 Å². The number of benzene rings is 1. The first kappa shape index (κ1) is 14.1. The molecule has 0 atom stereocenters. The van der Waals surface area contributed by atoms with Crippen LogP contribution in [0.4, 0.5) is 0 Å². The molecule has 1 aromatic carbocycles. The first-order valence-corrected chi connectivity index (χ1v) is 7.45. The predicted molar refractivity (Wildman–Crippen MR) is 87.8 cm³/mol. The monoisotopic (exact) mass is 299 g/mol. The number of halogens is 1. The fraction of sp³-hybridized carbons (Fsp3) is 0.235. The molecule has 0 spiro atoms. The smallest absolute Gasteiger partial charge is 0.0648 e. The molecule has 0 amide bonds. The Hall–Kier alpha value is -1.84. The van der Waals surface area contributed by atoms with Gasteiger partial charge in [0.1, 0.15) is 0 Å². The second-order valence-corrected chi connectivity index (χ2v) is 5.69. The highest BCUT2D eigenvalue weighted by Crippen LogP contribution is 2.25. The second-order valence-electron chi connectivity index (χ2n) is 5.25. The van der Waals surface area contributed by atoms with Gasteiger partial charge in [0, 0.05) is 22.3 Å². The van der Waals surface area contributed by atoms with Crippen LogP contribution in [-0.2, 0) is 13.0 Å². The predicted octanol–water partition coefficient (Wildman–Crippen LogP) is 3.55. The SMILES string of the molecule is Cc1cccc(Cn2cc(CCN)c3ccc(Cl)cc32)n1. The van der Waals surface area contributed by atoms with Crippen LogP contribution in [0, 0.1) is 6.92 Å². The number of rotatable bonds is 4. The maximum absolute atomic E-state index is 6.15. The molecule has 3 nitrogen and oxygen atoms in total. The Morgan fingerprint density at radius 3 is 2.86 bits per heavy atom. The van der Waals surface area contributed by atoms with Crippen molar-refractivity contribution < 1.29 is 0 Å². The van der Waals surface area contributed by atoms with Gasteiger partial charge in [-0.1, -0.05) is 23.7 Å². The molecule has 2 aromatic heterocycles. The van der Waals surface area contributed by atoms with Gasteiger partial charge in [0.25, 0.3) is 0 Å². The Labute approximate surface area is 129 Å². The number of nitrogens with two attached hydrogens (primary N) is 1. The fourth-order valence-corrected chi connectivity index (χ4v) is 2.86. The average molecular weight is 300 g/mol. The van der Waals surface area contributed by atoms with Gasteiger partial charge in [-0.2, -0.15) is 0 Å². The molecular formula is C17H18ClN3. The Balaban J connectivity index is 2.06. The van der Waals surface area contributed by atoms with Crippen LogP contribution in [0.3, 0.4) is 0 Å². The lowest BCUT2D eigenvalue weighted by molar-refractivity contribution is 0.796. The van der Waals surface area contributed by atoms with Crippen LogP contribution in [0.5, 0.6) is 0 Å². The van der Waals surface area contributed by atoms with Crippen molar-refractivity contribution in [3.63, 3.8) is 0 Å². The number of nitrogens with zero attached hydrogens (tertiary/aromatic N) is 2. The van der Waals surface area contributed by atoms with Gasteiger partial charge in [-0.05, 0) is 49.7 Å². The summed E-state index contributed by atoms with van der Waals surface area (Å²) in [6.07, 6.45) is 3.03. The van der Waals surface area contributed by atoms with E-state index in [0.717, 1.165) is 34.9 Å². The van der Waals surface area contributed by atoms with Crippen molar-refractivity contribution in [1.29, 1.82) is 0 Å². The molecule has 2 heterocycles. The van der Waals surface area contributed by atoms with Crippen LogP contribution in [0.1, 0.15) is 17.0 Å². The van der Waals surface area contributed by atoms with E-state index in [4.69, 9.17) is 17.3 Å². The lowest BCUT2D eigenvalue weighted by atomic mass is 10.1. The summed E-state index contributed by atoms with van der Waals surface area (Å²) in [7, 11) is 0. The van der Waals surface area contributed by atoms with E-state index >= 15 is 0 Å². The zero-order valence-corrected chi connectivity index (χ0v) is 12.8. The molecular weight excluding hydrogens is 282 g/mol. The fourth-order valence-electron chi connectivity index (χ4n) is 2.69. The minimum Gasteiger partial charge on any atom is -0.341 e. The van der Waals surface area contributed by atoms with Gasteiger partial charge in [0.05, 0.1) is 17.8 Å². The molecule has 0 bridgehead atoms. The highest BCUT2D eigenvalue weighted by Gasteiger charge is 2.09. The Morgan fingerprint density at radius 2 is 2.10 bits per heavy atom. The van der Waals surface area contributed by atoms with E-state index in [0.29, 0.717) is 6.54 Å². The van der Waals surface area contributed by atoms with Crippen molar-refractivity contribution in [2.45, 2.75) is 19.9 Å². The van der Waals surface area contributed by atoms with E-state index < -0.39 is 0 Å². The third kappa shape index (κ3) is 2.94. The van der Waals surface area contributed by atoms with Gasteiger partial charge >= 0.3 is 0 Å². The maximum atomic E-state index is 6.15. The number of pyridine rings is 1. The summed E-state index contributed by atoms with van der Waals surface area (Å²) < 4.78 is 2.20. The second kappa shape index (κ2) is 5.88. The van der Waals surface area contributed by atoms with Gasteiger partial charge in [-0.25, -0.2) is 0 Å². The molecule has 4 heteroatoms. The van der Waals surface area contributed by atoms with Crippen molar-refractivity contribution in [3.05, 3.63) is 64.6 Å². The normalized spacial score (nSPS) is 11.2. The largest absolute Gasteiger partial charge is 0.341 e. The van der Waals surface area contributed by atoms with Crippen molar-refractivity contribution >= 4 is 22.5 Å². The van der Waals surface area contributed by atoms with Crippen LogP contribution >= 0.6 is 11.6 Å². The summed E-state index contributed by atoms with van der Waals surface area (Å²) in [5.74, 6) is 0. The molecule has 0 saturated heterocycles. The first-order chi connectivity index (χ1) is 10.2. The summed E-state index contributed by atoms with van der Waals surface area (Å²) in [4.78, 5) is 4.57. The summed E-state index contributed by atoms with van der Waals surface area (Å²) in [6.45, 7) is 3.39. The molecule has 0 radical (unpaired) electrons. The summed E-state index contributed by atoms with van der Waals surface area (Å²) in [5, 5.41) is 1.97. The molecule has 0 aliphatic carbocycles. The quantitative estimate of drug-likeness (QED) is 0.800. The minimum absolute atomic E-state index is 0.643. The van der Waals surface area contributed by atoms with E-state index in [-0.39, 0.29) is 0 Å². The number of hydrogen-bond acceptors (Lipinski definition) is 2. The molecule has 2 N–H and O–H groups in total. The highest BCUT2D eigenvalue weighted by molar-refractivity contribution is 6.31. The third-order valence-corrected chi connectivity index (χ3v) is 3.85. The number of hydrogen-bond donors (Lipinski definition) is 1. The van der Waals surface area contributed by atoms with E-state index in [1.807, 2.05) is 37.3 Å². The van der Waals surface area contributed by atoms with Gasteiger partial charge in [-0.3, -0.25) is 4.98 Å². The number of aryl methyl sites for hydroxylation is 1. The summed E-state index contributed by atoms with van der Waals surface area (Å²) in [6, 6.07) is 12.1. The van der Waals surface area contributed by atoms with E-state index in [9.17, 15) is 0 Å². The molecule has 21 heavy (non-hydrogen) atoms. The molecule has 0 unspecified atom stereocenters. The van der Waals surface area contributed by atoms with Crippen molar-refractivity contribution in [1.82, 2.24) is 9.55 Å². The number of aromatic nitrogens is 2. The Kier molecular flexibility index (Phi) is 3.95. The third-order valence-electron chi connectivity index (χ3n) is 3.62. The van der Waals surface area contributed by atoms with Gasteiger partial charge < -0.3 is 10.3 Å². The van der Waals surface area contributed by atoms with Crippen LogP contribution in [0.2, 0.25) is 5.02 Å². The van der Waals surface area contributed by atoms with Crippen LogP contribution in [-0.4, -0.2) is 16.1 Å². The van der Waals surface area contributed by atoms with Gasteiger partial charge in [0.2, 0.25) is 0 Å². The number of fused-ring (bicyclic) bond motifs is 1.